The maximum absolute atomic E-state index is 5.92. The van der Waals surface area contributed by atoms with E-state index in [4.69, 9.17) is 10.5 Å². The molecule has 0 bridgehead atoms. The molecule has 6 nitrogen and oxygen atoms in total. The molecule has 0 spiro atoms. The molecule has 100 valence electrons. The number of anilines is 1. The normalized spacial score (nSPS) is 12.1. The minimum absolute atomic E-state index is 0.128. The Balaban J connectivity index is 2.36. The van der Waals surface area contributed by atoms with Gasteiger partial charge in [-0.2, -0.15) is 0 Å². The van der Waals surface area contributed by atoms with Crippen molar-refractivity contribution >= 4 is 5.82 Å². The van der Waals surface area contributed by atoms with Gasteiger partial charge in [-0.15, -0.1) is 10.2 Å². The Kier molecular flexibility index (Phi) is 4.25. The molecule has 1 atom stereocenters. The molecule has 2 heterocycles. The van der Waals surface area contributed by atoms with Gasteiger partial charge in [-0.1, -0.05) is 13.0 Å². The Morgan fingerprint density at radius 1 is 1.32 bits per heavy atom. The minimum Gasteiger partial charge on any atom is -0.480 e. The van der Waals surface area contributed by atoms with E-state index < -0.39 is 0 Å². The number of nitrogens with two attached hydrogens (primary N) is 1. The minimum atomic E-state index is -0.128. The lowest BCUT2D eigenvalue weighted by atomic mass is 10.0. The van der Waals surface area contributed by atoms with Crippen molar-refractivity contribution < 1.29 is 4.74 Å². The van der Waals surface area contributed by atoms with E-state index >= 15 is 0 Å². The fraction of sp³-hybridized carbons (Fsp3) is 0.308. The first-order valence-corrected chi connectivity index (χ1v) is 6.07. The van der Waals surface area contributed by atoms with Crippen molar-refractivity contribution in [1.29, 1.82) is 0 Å². The Hall–Kier alpha value is -2.21. The van der Waals surface area contributed by atoms with Crippen LogP contribution in [0.4, 0.5) is 5.82 Å². The summed E-state index contributed by atoms with van der Waals surface area (Å²) >= 11 is 0. The van der Waals surface area contributed by atoms with Crippen molar-refractivity contribution in [3.63, 3.8) is 0 Å². The lowest BCUT2D eigenvalue weighted by Gasteiger charge is -2.18. The van der Waals surface area contributed by atoms with E-state index in [0.717, 1.165) is 17.8 Å². The van der Waals surface area contributed by atoms with E-state index in [1.54, 1.807) is 19.4 Å². The number of nitrogens with zero attached hydrogens (tertiary/aromatic N) is 3. The Labute approximate surface area is 112 Å². The van der Waals surface area contributed by atoms with E-state index in [1.165, 1.54) is 0 Å². The first-order chi connectivity index (χ1) is 9.26. The van der Waals surface area contributed by atoms with Gasteiger partial charge in [-0.3, -0.25) is 0 Å². The topological polar surface area (TPSA) is 86.0 Å². The number of nitrogens with one attached hydrogen (secondary N) is 1. The van der Waals surface area contributed by atoms with Crippen molar-refractivity contribution in [1.82, 2.24) is 20.5 Å². The van der Waals surface area contributed by atoms with Gasteiger partial charge < -0.3 is 15.8 Å². The van der Waals surface area contributed by atoms with E-state index in [0.29, 0.717) is 11.7 Å². The first kappa shape index (κ1) is 13.2. The van der Waals surface area contributed by atoms with Crippen molar-refractivity contribution in [3.8, 4) is 5.88 Å². The van der Waals surface area contributed by atoms with Gasteiger partial charge in [0.15, 0.2) is 0 Å². The molecule has 0 fully saturated rings. The predicted octanol–water partition coefficient (Wildman–Crippen LogP) is 1.16. The van der Waals surface area contributed by atoms with Gasteiger partial charge >= 0.3 is 0 Å². The molecule has 0 aliphatic rings. The van der Waals surface area contributed by atoms with E-state index in [2.05, 4.69) is 20.5 Å². The molecule has 0 saturated heterocycles. The van der Waals surface area contributed by atoms with E-state index in [9.17, 15) is 0 Å². The van der Waals surface area contributed by atoms with Crippen LogP contribution in [0, 0.1) is 0 Å². The van der Waals surface area contributed by atoms with Crippen LogP contribution < -0.4 is 15.8 Å². The standard InChI is InChI=1S/C13H17N5O/c1-3-15-12(9-5-4-8-16-13(9)14)10-6-7-11(19-2)18-17-10/h4-8,12,15H,3H2,1-2H3,(H2,14,16). The summed E-state index contributed by atoms with van der Waals surface area (Å²) in [5.41, 5.74) is 7.59. The summed E-state index contributed by atoms with van der Waals surface area (Å²) < 4.78 is 5.01. The molecule has 0 aliphatic carbocycles. The van der Waals surface area contributed by atoms with Crippen molar-refractivity contribution in [2.45, 2.75) is 13.0 Å². The number of hydrogen-bond acceptors (Lipinski definition) is 6. The van der Waals surface area contributed by atoms with E-state index in [1.807, 2.05) is 25.1 Å². The lowest BCUT2D eigenvalue weighted by Crippen LogP contribution is -2.24. The largest absolute Gasteiger partial charge is 0.480 e. The summed E-state index contributed by atoms with van der Waals surface area (Å²) in [5, 5.41) is 11.5. The molecule has 19 heavy (non-hydrogen) atoms. The monoisotopic (exact) mass is 259 g/mol. The molecule has 0 aliphatic heterocycles. The van der Waals surface area contributed by atoms with Gasteiger partial charge in [0.1, 0.15) is 5.82 Å². The molecular weight excluding hydrogens is 242 g/mol. The summed E-state index contributed by atoms with van der Waals surface area (Å²) in [7, 11) is 1.56. The molecule has 0 saturated carbocycles. The van der Waals surface area contributed by atoms with Crippen molar-refractivity contribution in [3.05, 3.63) is 41.7 Å². The van der Waals surface area contributed by atoms with Crippen LogP contribution in [0.25, 0.3) is 0 Å². The number of methoxy groups -OCH3 is 1. The third-order valence-corrected chi connectivity index (χ3v) is 2.76. The zero-order chi connectivity index (χ0) is 13.7. The highest BCUT2D eigenvalue weighted by atomic mass is 16.5. The molecule has 0 radical (unpaired) electrons. The van der Waals surface area contributed by atoms with Gasteiger partial charge in [0.25, 0.3) is 0 Å². The molecule has 3 N–H and O–H groups in total. The summed E-state index contributed by atoms with van der Waals surface area (Å²) in [6, 6.07) is 7.30. The van der Waals surface area contributed by atoms with Gasteiger partial charge in [0.2, 0.25) is 5.88 Å². The summed E-state index contributed by atoms with van der Waals surface area (Å²) in [6.07, 6.45) is 1.67. The second-order valence-electron chi connectivity index (χ2n) is 3.97. The van der Waals surface area contributed by atoms with Crippen LogP contribution in [0.1, 0.15) is 24.2 Å². The van der Waals surface area contributed by atoms with E-state index in [-0.39, 0.29) is 6.04 Å². The van der Waals surface area contributed by atoms with Gasteiger partial charge in [-0.05, 0) is 18.7 Å². The smallest absolute Gasteiger partial charge is 0.233 e. The molecule has 0 aromatic carbocycles. The summed E-state index contributed by atoms with van der Waals surface area (Å²) in [5.74, 6) is 0.976. The molecule has 2 aromatic rings. The number of hydrogen-bond donors (Lipinski definition) is 2. The highest BCUT2D eigenvalue weighted by Crippen LogP contribution is 2.24. The second kappa shape index (κ2) is 6.10. The third kappa shape index (κ3) is 2.97. The van der Waals surface area contributed by atoms with Crippen LogP contribution in [-0.2, 0) is 0 Å². The Morgan fingerprint density at radius 3 is 2.74 bits per heavy atom. The van der Waals surface area contributed by atoms with Crippen molar-refractivity contribution in [2.75, 3.05) is 19.4 Å². The zero-order valence-corrected chi connectivity index (χ0v) is 11.0. The highest BCUT2D eigenvalue weighted by Gasteiger charge is 2.18. The third-order valence-electron chi connectivity index (χ3n) is 2.76. The lowest BCUT2D eigenvalue weighted by molar-refractivity contribution is 0.390. The number of rotatable bonds is 5. The molecule has 1 unspecified atom stereocenters. The molecule has 2 aromatic heterocycles. The average molecular weight is 259 g/mol. The second-order valence-corrected chi connectivity index (χ2v) is 3.97. The number of ether oxygens (including phenoxy) is 1. The van der Waals surface area contributed by atoms with Gasteiger partial charge in [0.05, 0.1) is 18.8 Å². The maximum Gasteiger partial charge on any atom is 0.233 e. The van der Waals surface area contributed by atoms with Crippen LogP contribution >= 0.6 is 0 Å². The highest BCUT2D eigenvalue weighted by molar-refractivity contribution is 5.44. The Bertz CT molecular complexity index is 529. The van der Waals surface area contributed by atoms with Gasteiger partial charge in [-0.25, -0.2) is 4.98 Å². The number of pyridine rings is 1. The van der Waals surface area contributed by atoms with Crippen LogP contribution in [0.15, 0.2) is 30.5 Å². The van der Waals surface area contributed by atoms with Crippen LogP contribution in [0.3, 0.4) is 0 Å². The molecule has 6 heteroatoms. The maximum atomic E-state index is 5.92. The zero-order valence-electron chi connectivity index (χ0n) is 11.0. The van der Waals surface area contributed by atoms with Crippen molar-refractivity contribution in [2.24, 2.45) is 0 Å². The predicted molar refractivity (Wildman–Crippen MR) is 72.8 cm³/mol. The summed E-state index contributed by atoms with van der Waals surface area (Å²) in [4.78, 5) is 4.11. The fourth-order valence-corrected chi connectivity index (χ4v) is 1.85. The van der Waals surface area contributed by atoms with Crippen LogP contribution in [-0.4, -0.2) is 28.8 Å². The summed E-state index contributed by atoms with van der Waals surface area (Å²) in [6.45, 7) is 2.81. The Morgan fingerprint density at radius 2 is 2.16 bits per heavy atom. The fourth-order valence-electron chi connectivity index (χ4n) is 1.85. The SMILES string of the molecule is CCNC(c1ccc(OC)nn1)c1cccnc1N. The molecular formula is C13H17N5O. The van der Waals surface area contributed by atoms with Crippen LogP contribution in [0.2, 0.25) is 0 Å². The first-order valence-electron chi connectivity index (χ1n) is 6.07. The number of aromatic nitrogens is 3. The van der Waals surface area contributed by atoms with Crippen LogP contribution in [0.5, 0.6) is 5.88 Å². The average Bonchev–Trinajstić information content (AvgIpc) is 2.46. The number of nitrogen functional groups attached to an aromatic ring is 1. The van der Waals surface area contributed by atoms with Gasteiger partial charge in [0, 0.05) is 17.8 Å². The quantitative estimate of drug-likeness (QED) is 0.838. The molecule has 0 amide bonds. The molecule has 2 rings (SSSR count).